The summed E-state index contributed by atoms with van der Waals surface area (Å²) in [5, 5.41) is 6.83. The number of nitrogens with zero attached hydrogens (tertiary/aromatic N) is 2. The molecule has 0 aliphatic heterocycles. The van der Waals surface area contributed by atoms with Gasteiger partial charge in [0, 0.05) is 27.1 Å². The monoisotopic (exact) mass is 386 g/mol. The van der Waals surface area contributed by atoms with E-state index in [1.54, 1.807) is 31.2 Å². The molecule has 0 spiro atoms. The van der Waals surface area contributed by atoms with Crippen molar-refractivity contribution in [3.05, 3.63) is 75.5 Å². The number of amides is 1. The zero-order chi connectivity index (χ0) is 18.7. The Balaban J connectivity index is 1.82. The molecule has 3 rings (SSSR count). The van der Waals surface area contributed by atoms with Crippen LogP contribution in [0.25, 0.3) is 0 Å². The van der Waals surface area contributed by atoms with E-state index in [4.69, 9.17) is 23.2 Å². The van der Waals surface area contributed by atoms with Crippen LogP contribution in [0.4, 0.5) is 17.3 Å². The fraction of sp³-hybridized carbons (Fsp3) is 0.105. The molecule has 0 saturated heterocycles. The standard InChI is InChI=1S/C19H16Cl2N4O/c1-11-3-5-15(6-4-11)23-18(26)17-7-12(2)22-19(25-17)24-16-9-13(20)8-14(21)10-16/h3-10H,1-2H3,(H,23,26)(H,22,24,25). The van der Waals surface area contributed by atoms with Crippen LogP contribution in [-0.2, 0) is 0 Å². The van der Waals surface area contributed by atoms with Gasteiger partial charge in [-0.3, -0.25) is 4.79 Å². The van der Waals surface area contributed by atoms with Crippen molar-refractivity contribution in [2.24, 2.45) is 0 Å². The summed E-state index contributed by atoms with van der Waals surface area (Å²) >= 11 is 12.0. The summed E-state index contributed by atoms with van der Waals surface area (Å²) in [6, 6.07) is 14.2. The smallest absolute Gasteiger partial charge is 0.274 e. The number of carbonyl (C=O) groups excluding carboxylic acids is 1. The first kappa shape index (κ1) is 18.2. The molecule has 26 heavy (non-hydrogen) atoms. The van der Waals surface area contributed by atoms with Crippen molar-refractivity contribution in [3.63, 3.8) is 0 Å². The highest BCUT2D eigenvalue weighted by Crippen LogP contribution is 2.24. The van der Waals surface area contributed by atoms with E-state index in [-0.39, 0.29) is 17.5 Å². The minimum absolute atomic E-state index is 0.258. The maximum Gasteiger partial charge on any atom is 0.274 e. The van der Waals surface area contributed by atoms with Crippen molar-refractivity contribution < 1.29 is 4.79 Å². The van der Waals surface area contributed by atoms with E-state index < -0.39 is 0 Å². The first-order chi connectivity index (χ1) is 12.4. The van der Waals surface area contributed by atoms with Crippen LogP contribution < -0.4 is 10.6 Å². The molecule has 1 aromatic heterocycles. The maximum absolute atomic E-state index is 12.5. The van der Waals surface area contributed by atoms with Crippen molar-refractivity contribution in [2.75, 3.05) is 10.6 Å². The molecule has 0 bridgehead atoms. The number of halogens is 2. The Morgan fingerprint density at radius 2 is 1.54 bits per heavy atom. The Bertz CT molecular complexity index is 938. The van der Waals surface area contributed by atoms with Crippen LogP contribution in [0.1, 0.15) is 21.7 Å². The summed E-state index contributed by atoms with van der Waals surface area (Å²) in [4.78, 5) is 21.1. The number of aromatic nitrogens is 2. The first-order valence-electron chi connectivity index (χ1n) is 7.86. The van der Waals surface area contributed by atoms with Crippen LogP contribution in [0, 0.1) is 13.8 Å². The zero-order valence-electron chi connectivity index (χ0n) is 14.2. The minimum atomic E-state index is -0.313. The van der Waals surface area contributed by atoms with Crippen LogP contribution in [0.15, 0.2) is 48.5 Å². The van der Waals surface area contributed by atoms with Gasteiger partial charge in [0.15, 0.2) is 0 Å². The van der Waals surface area contributed by atoms with Crippen LogP contribution in [-0.4, -0.2) is 15.9 Å². The molecule has 0 fully saturated rings. The summed E-state index contributed by atoms with van der Waals surface area (Å²) in [5.74, 6) is -0.0241. The molecular formula is C19H16Cl2N4O. The Hall–Kier alpha value is -2.63. The van der Waals surface area contributed by atoms with Crippen molar-refractivity contribution in [3.8, 4) is 0 Å². The van der Waals surface area contributed by atoms with Crippen LogP contribution in [0.5, 0.6) is 0 Å². The minimum Gasteiger partial charge on any atom is -0.324 e. The van der Waals surface area contributed by atoms with Crippen LogP contribution in [0.2, 0.25) is 10.0 Å². The molecule has 0 aliphatic carbocycles. The van der Waals surface area contributed by atoms with Crippen LogP contribution >= 0.6 is 23.2 Å². The molecule has 7 heteroatoms. The van der Waals surface area contributed by atoms with Crippen molar-refractivity contribution in [2.45, 2.75) is 13.8 Å². The topological polar surface area (TPSA) is 66.9 Å². The largest absolute Gasteiger partial charge is 0.324 e. The number of nitrogens with one attached hydrogen (secondary N) is 2. The van der Waals surface area contributed by atoms with E-state index in [9.17, 15) is 4.79 Å². The number of hydrogen-bond donors (Lipinski definition) is 2. The average Bonchev–Trinajstić information content (AvgIpc) is 2.55. The predicted molar refractivity (Wildman–Crippen MR) is 106 cm³/mol. The number of rotatable bonds is 4. The third kappa shape index (κ3) is 4.71. The Morgan fingerprint density at radius 1 is 0.885 bits per heavy atom. The van der Waals surface area contributed by atoms with Gasteiger partial charge in [0.25, 0.3) is 5.91 Å². The third-order valence-electron chi connectivity index (χ3n) is 3.51. The number of benzene rings is 2. The molecule has 2 N–H and O–H groups in total. The molecule has 1 amide bonds. The fourth-order valence-corrected chi connectivity index (χ4v) is 2.85. The number of anilines is 3. The van der Waals surface area contributed by atoms with E-state index >= 15 is 0 Å². The number of aryl methyl sites for hydroxylation is 2. The van der Waals surface area contributed by atoms with Crippen molar-refractivity contribution in [1.29, 1.82) is 0 Å². The highest BCUT2D eigenvalue weighted by atomic mass is 35.5. The quantitative estimate of drug-likeness (QED) is 0.629. The maximum atomic E-state index is 12.5. The van der Waals surface area contributed by atoms with Gasteiger partial charge in [-0.1, -0.05) is 40.9 Å². The molecule has 5 nitrogen and oxygen atoms in total. The van der Waals surface area contributed by atoms with Gasteiger partial charge in [-0.2, -0.15) is 0 Å². The summed E-state index contributed by atoms with van der Waals surface area (Å²) in [6.45, 7) is 3.78. The number of hydrogen-bond acceptors (Lipinski definition) is 4. The number of carbonyl (C=O) groups is 1. The van der Waals surface area contributed by atoms with Crippen molar-refractivity contribution >= 4 is 46.4 Å². The van der Waals surface area contributed by atoms with Gasteiger partial charge in [-0.25, -0.2) is 9.97 Å². The fourth-order valence-electron chi connectivity index (χ4n) is 2.33. The van der Waals surface area contributed by atoms with E-state index in [1.165, 1.54) is 0 Å². The molecule has 0 radical (unpaired) electrons. The van der Waals surface area contributed by atoms with E-state index in [2.05, 4.69) is 20.6 Å². The van der Waals surface area contributed by atoms with Crippen molar-refractivity contribution in [1.82, 2.24) is 9.97 Å². The van der Waals surface area contributed by atoms with Gasteiger partial charge >= 0.3 is 0 Å². The Kier molecular flexibility index (Phi) is 5.40. The van der Waals surface area contributed by atoms with Gasteiger partial charge in [0.05, 0.1) is 0 Å². The molecule has 0 atom stereocenters. The van der Waals surface area contributed by atoms with Gasteiger partial charge in [0.2, 0.25) is 5.95 Å². The summed E-state index contributed by atoms with van der Waals surface area (Å²) in [6.07, 6.45) is 0. The van der Waals surface area contributed by atoms with E-state index in [0.29, 0.717) is 27.1 Å². The molecular weight excluding hydrogens is 371 g/mol. The summed E-state index contributed by atoms with van der Waals surface area (Å²) < 4.78 is 0. The highest BCUT2D eigenvalue weighted by Gasteiger charge is 2.11. The normalized spacial score (nSPS) is 10.5. The molecule has 3 aromatic rings. The van der Waals surface area contributed by atoms with Gasteiger partial charge < -0.3 is 10.6 Å². The Morgan fingerprint density at radius 3 is 2.19 bits per heavy atom. The second-order valence-electron chi connectivity index (χ2n) is 5.82. The van der Waals surface area contributed by atoms with E-state index in [0.717, 1.165) is 5.56 Å². The molecule has 132 valence electrons. The second kappa shape index (κ2) is 7.72. The Labute approximate surface area is 161 Å². The van der Waals surface area contributed by atoms with Gasteiger partial charge in [-0.15, -0.1) is 0 Å². The lowest BCUT2D eigenvalue weighted by Gasteiger charge is -2.10. The predicted octanol–water partition coefficient (Wildman–Crippen LogP) is 5.40. The highest BCUT2D eigenvalue weighted by molar-refractivity contribution is 6.35. The average molecular weight is 387 g/mol. The second-order valence-corrected chi connectivity index (χ2v) is 6.69. The summed E-state index contributed by atoms with van der Waals surface area (Å²) in [7, 11) is 0. The lowest BCUT2D eigenvalue weighted by atomic mass is 10.2. The molecule has 0 unspecified atom stereocenters. The lowest BCUT2D eigenvalue weighted by molar-refractivity contribution is 0.102. The molecule has 0 aliphatic rings. The van der Waals surface area contributed by atoms with E-state index in [1.807, 2.05) is 31.2 Å². The molecule has 1 heterocycles. The SMILES string of the molecule is Cc1ccc(NC(=O)c2cc(C)nc(Nc3cc(Cl)cc(Cl)c3)n2)cc1. The van der Waals surface area contributed by atoms with Gasteiger partial charge in [0.1, 0.15) is 5.69 Å². The van der Waals surface area contributed by atoms with Gasteiger partial charge in [-0.05, 0) is 50.2 Å². The molecule has 0 saturated carbocycles. The zero-order valence-corrected chi connectivity index (χ0v) is 15.7. The molecule has 2 aromatic carbocycles. The van der Waals surface area contributed by atoms with Crippen LogP contribution in [0.3, 0.4) is 0 Å². The summed E-state index contributed by atoms with van der Waals surface area (Å²) in [5.41, 5.74) is 3.37. The third-order valence-corrected chi connectivity index (χ3v) is 3.95. The lowest BCUT2D eigenvalue weighted by Crippen LogP contribution is -2.15. The first-order valence-corrected chi connectivity index (χ1v) is 8.61.